The van der Waals surface area contributed by atoms with E-state index in [0.717, 1.165) is 21.9 Å². The van der Waals surface area contributed by atoms with Crippen molar-refractivity contribution < 1.29 is 4.74 Å². The van der Waals surface area contributed by atoms with Crippen LogP contribution in [0.15, 0.2) is 23.2 Å². The molecule has 1 atom stereocenters. The van der Waals surface area contributed by atoms with E-state index in [1.54, 1.807) is 24.9 Å². The van der Waals surface area contributed by atoms with E-state index in [1.807, 2.05) is 12.1 Å². The number of aliphatic imine (C=N–C) groups is 1. The highest BCUT2D eigenvalue weighted by Crippen LogP contribution is 2.36. The summed E-state index contributed by atoms with van der Waals surface area (Å²) in [7, 11) is 1.59. The molecule has 2 aromatic rings. The van der Waals surface area contributed by atoms with Crippen molar-refractivity contribution in [1.82, 2.24) is 4.98 Å². The molecule has 0 saturated heterocycles. The molecule has 1 unspecified atom stereocenters. The van der Waals surface area contributed by atoms with E-state index in [-0.39, 0.29) is 0 Å². The number of benzene rings is 1. The van der Waals surface area contributed by atoms with Crippen molar-refractivity contribution in [3.63, 3.8) is 0 Å². The van der Waals surface area contributed by atoms with Gasteiger partial charge in [0.15, 0.2) is 0 Å². The van der Waals surface area contributed by atoms with Gasteiger partial charge in [-0.25, -0.2) is 4.98 Å². The number of ether oxygens (including phenoxy) is 1. The van der Waals surface area contributed by atoms with Crippen molar-refractivity contribution in [3.05, 3.63) is 33.9 Å². The Morgan fingerprint density at radius 3 is 2.73 bits per heavy atom. The molecule has 0 fully saturated rings. The van der Waals surface area contributed by atoms with Gasteiger partial charge in [-0.15, -0.1) is 11.8 Å². The molecule has 0 N–H and O–H groups in total. The number of thioether (sulfide) groups is 1. The Hall–Kier alpha value is -0.970. The Morgan fingerprint density at radius 1 is 1.32 bits per heavy atom. The van der Waals surface area contributed by atoms with Gasteiger partial charge in [-0.05, 0) is 24.1 Å². The number of hydrogen-bond donors (Lipinski definition) is 0. The Morgan fingerprint density at radius 2 is 2.09 bits per heavy atom. The Labute approximate surface area is 144 Å². The van der Waals surface area contributed by atoms with Gasteiger partial charge in [0.05, 0.1) is 29.4 Å². The molecule has 22 heavy (non-hydrogen) atoms. The van der Waals surface area contributed by atoms with E-state index in [9.17, 15) is 0 Å². The number of methoxy groups -OCH3 is 1. The maximum Gasteiger partial charge on any atom is 0.139 e. The Kier molecular flexibility index (Phi) is 4.53. The molecule has 0 spiro atoms. The smallest absolute Gasteiger partial charge is 0.139 e. The number of rotatable bonds is 3. The summed E-state index contributed by atoms with van der Waals surface area (Å²) >= 11 is 14.5. The van der Waals surface area contributed by atoms with Crippen LogP contribution in [0.1, 0.15) is 19.5 Å². The molecule has 116 valence electrons. The lowest BCUT2D eigenvalue weighted by Gasteiger charge is -2.09. The van der Waals surface area contributed by atoms with Gasteiger partial charge in [0, 0.05) is 11.1 Å². The zero-order valence-electron chi connectivity index (χ0n) is 12.6. The lowest BCUT2D eigenvalue weighted by Crippen LogP contribution is -2.11. The van der Waals surface area contributed by atoms with E-state index < -0.39 is 0 Å². The Bertz CT molecular complexity index is 761. The fraction of sp³-hybridized carbons (Fsp3) is 0.375. The van der Waals surface area contributed by atoms with Gasteiger partial charge in [0.25, 0.3) is 0 Å². The lowest BCUT2D eigenvalue weighted by molar-refractivity contribution is 0.415. The van der Waals surface area contributed by atoms with E-state index in [1.165, 1.54) is 0 Å². The van der Waals surface area contributed by atoms with E-state index in [0.29, 0.717) is 33.3 Å². The molecular weight excluding hydrogens is 339 g/mol. The van der Waals surface area contributed by atoms with Crippen LogP contribution >= 0.6 is 35.0 Å². The van der Waals surface area contributed by atoms with Gasteiger partial charge in [0.2, 0.25) is 0 Å². The van der Waals surface area contributed by atoms with Crippen LogP contribution in [0.2, 0.25) is 10.0 Å². The molecule has 1 aromatic heterocycles. The Balaban J connectivity index is 2.12. The average Bonchev–Trinajstić information content (AvgIpc) is 2.98. The molecule has 0 aliphatic carbocycles. The molecule has 0 amide bonds. The van der Waals surface area contributed by atoms with Crippen molar-refractivity contribution >= 4 is 50.9 Å². The second-order valence-corrected chi connectivity index (χ2v) is 7.32. The van der Waals surface area contributed by atoms with Crippen LogP contribution in [-0.4, -0.2) is 28.9 Å². The van der Waals surface area contributed by atoms with Crippen molar-refractivity contribution in [1.29, 1.82) is 0 Å². The van der Waals surface area contributed by atoms with E-state index in [4.69, 9.17) is 32.9 Å². The maximum absolute atomic E-state index is 6.40. The topological polar surface area (TPSA) is 34.5 Å². The first kappa shape index (κ1) is 15.9. The van der Waals surface area contributed by atoms with Gasteiger partial charge in [0.1, 0.15) is 15.8 Å². The van der Waals surface area contributed by atoms with Crippen molar-refractivity contribution in [2.45, 2.75) is 19.9 Å². The summed E-state index contributed by atoms with van der Waals surface area (Å²) in [6.45, 7) is 4.36. The zero-order chi connectivity index (χ0) is 15.9. The van der Waals surface area contributed by atoms with Crippen LogP contribution in [0.5, 0.6) is 5.75 Å². The van der Waals surface area contributed by atoms with Crippen LogP contribution in [0.4, 0.5) is 0 Å². The fourth-order valence-corrected chi connectivity index (χ4v) is 4.13. The number of halogens is 2. The number of hydrogen-bond acceptors (Lipinski definition) is 4. The molecule has 0 radical (unpaired) electrons. The summed E-state index contributed by atoms with van der Waals surface area (Å²) in [5.74, 6) is 2.09. The third kappa shape index (κ3) is 2.80. The first-order chi connectivity index (χ1) is 10.5. The average molecular weight is 355 g/mol. The SMILES string of the molecule is COc1ccc2c(Cl)cc(C3=NC(C(C)C)CS3)nc2c1Cl. The molecule has 6 heteroatoms. The predicted octanol–water partition coefficient (Wildman–Crippen LogP) is 5.07. The quantitative estimate of drug-likeness (QED) is 0.771. The van der Waals surface area contributed by atoms with Gasteiger partial charge >= 0.3 is 0 Å². The zero-order valence-corrected chi connectivity index (χ0v) is 14.9. The molecule has 1 aromatic carbocycles. The number of nitrogens with zero attached hydrogens (tertiary/aromatic N) is 2. The van der Waals surface area contributed by atoms with Gasteiger partial charge < -0.3 is 4.74 Å². The second kappa shape index (κ2) is 6.26. The van der Waals surface area contributed by atoms with Crippen molar-refractivity contribution in [2.75, 3.05) is 12.9 Å². The van der Waals surface area contributed by atoms with Crippen LogP contribution in [0, 0.1) is 5.92 Å². The molecule has 1 aliphatic rings. The molecule has 0 saturated carbocycles. The normalized spacial score (nSPS) is 18.1. The summed E-state index contributed by atoms with van der Waals surface area (Å²) in [6.07, 6.45) is 0. The minimum Gasteiger partial charge on any atom is -0.495 e. The highest BCUT2D eigenvalue weighted by molar-refractivity contribution is 8.14. The highest BCUT2D eigenvalue weighted by atomic mass is 35.5. The largest absolute Gasteiger partial charge is 0.495 e. The fourth-order valence-electron chi connectivity index (χ4n) is 2.34. The van der Waals surface area contributed by atoms with Gasteiger partial charge in [-0.1, -0.05) is 37.0 Å². The van der Waals surface area contributed by atoms with Gasteiger partial charge in [-0.2, -0.15) is 0 Å². The molecule has 2 heterocycles. The molecule has 1 aliphatic heterocycles. The highest BCUT2D eigenvalue weighted by Gasteiger charge is 2.24. The molecule has 3 rings (SSSR count). The summed E-state index contributed by atoms with van der Waals surface area (Å²) in [5, 5.41) is 2.86. The minimum absolute atomic E-state index is 0.331. The number of fused-ring (bicyclic) bond motifs is 1. The maximum atomic E-state index is 6.40. The van der Waals surface area contributed by atoms with Gasteiger partial charge in [-0.3, -0.25) is 4.99 Å². The monoisotopic (exact) mass is 354 g/mol. The standard InChI is InChI=1S/C16H16Cl2N2OS/c1-8(2)12-7-22-16(20-12)11-6-10(17)9-4-5-13(21-3)14(18)15(9)19-11/h4-6,8,12H,7H2,1-3H3. The van der Waals surface area contributed by atoms with Crippen molar-refractivity contribution in [3.8, 4) is 5.75 Å². The van der Waals surface area contributed by atoms with Crippen molar-refractivity contribution in [2.24, 2.45) is 10.9 Å². The summed E-state index contributed by atoms with van der Waals surface area (Å²) in [6, 6.07) is 5.87. The summed E-state index contributed by atoms with van der Waals surface area (Å²) in [4.78, 5) is 9.43. The summed E-state index contributed by atoms with van der Waals surface area (Å²) < 4.78 is 5.26. The van der Waals surface area contributed by atoms with Crippen LogP contribution in [0.25, 0.3) is 10.9 Å². The third-order valence-corrected chi connectivity index (χ3v) is 5.49. The van der Waals surface area contributed by atoms with Crippen LogP contribution < -0.4 is 4.74 Å². The molecule has 0 bridgehead atoms. The first-order valence-corrected chi connectivity index (χ1v) is 8.79. The molecular formula is C16H16Cl2N2OS. The van der Waals surface area contributed by atoms with E-state index >= 15 is 0 Å². The lowest BCUT2D eigenvalue weighted by atomic mass is 10.1. The van der Waals surface area contributed by atoms with E-state index in [2.05, 4.69) is 18.8 Å². The molecule has 3 nitrogen and oxygen atoms in total. The number of pyridine rings is 1. The number of aromatic nitrogens is 1. The first-order valence-electron chi connectivity index (χ1n) is 7.05. The predicted molar refractivity (Wildman–Crippen MR) is 95.9 cm³/mol. The summed E-state index contributed by atoms with van der Waals surface area (Å²) in [5.41, 5.74) is 1.43. The van der Waals surface area contributed by atoms with Crippen LogP contribution in [-0.2, 0) is 0 Å². The second-order valence-electron chi connectivity index (χ2n) is 5.52. The third-order valence-electron chi connectivity index (χ3n) is 3.72. The minimum atomic E-state index is 0.331. The van der Waals surface area contributed by atoms with Crippen LogP contribution in [0.3, 0.4) is 0 Å².